The summed E-state index contributed by atoms with van der Waals surface area (Å²) in [5.74, 6) is 0.757. The van der Waals surface area contributed by atoms with Gasteiger partial charge in [-0.2, -0.15) is 0 Å². The Balaban J connectivity index is 1.66. The highest BCUT2D eigenvalue weighted by Crippen LogP contribution is 2.22. The molecule has 1 aliphatic rings. The van der Waals surface area contributed by atoms with E-state index in [1.54, 1.807) is 6.07 Å². The van der Waals surface area contributed by atoms with Gasteiger partial charge >= 0.3 is 0 Å². The van der Waals surface area contributed by atoms with Crippen LogP contribution in [0.25, 0.3) is 0 Å². The third-order valence-electron chi connectivity index (χ3n) is 4.29. The normalized spacial score (nSPS) is 14.5. The van der Waals surface area contributed by atoms with Crippen LogP contribution in [0.4, 0.5) is 17.2 Å². The molecule has 1 aromatic heterocycles. The molecular formula is C17H18N4O3. The maximum absolute atomic E-state index is 10.9. The maximum atomic E-state index is 10.9. The smallest absolute Gasteiger partial charge is 0.287 e. The molecule has 24 heavy (non-hydrogen) atoms. The van der Waals surface area contributed by atoms with E-state index in [9.17, 15) is 14.9 Å². The molecule has 124 valence electrons. The number of pyridine rings is 1. The van der Waals surface area contributed by atoms with Gasteiger partial charge in [0.05, 0.1) is 4.92 Å². The lowest BCUT2D eigenvalue weighted by Crippen LogP contribution is -2.46. The van der Waals surface area contributed by atoms with Gasteiger partial charge in [0.15, 0.2) is 0 Å². The van der Waals surface area contributed by atoms with Gasteiger partial charge in [-0.05, 0) is 36.8 Å². The summed E-state index contributed by atoms with van der Waals surface area (Å²) in [6, 6.07) is 9.02. The standard InChI is InChI=1S/C17H18N4O3/c1-13-10-15(3-2-14(13)12-22)19-6-8-20(9-7-19)17-5-4-16(11-18-17)21(23)24/h2-5,10-12H,6-9H2,1H3. The van der Waals surface area contributed by atoms with Crippen LogP contribution < -0.4 is 9.80 Å². The Morgan fingerprint density at radius 3 is 2.38 bits per heavy atom. The molecule has 1 aromatic carbocycles. The van der Waals surface area contributed by atoms with E-state index in [0.717, 1.165) is 49.5 Å². The number of carbonyl (C=O) groups excluding carboxylic acids is 1. The molecule has 0 aliphatic carbocycles. The Morgan fingerprint density at radius 1 is 1.12 bits per heavy atom. The number of benzene rings is 1. The molecule has 0 spiro atoms. The average Bonchev–Trinajstić information content (AvgIpc) is 2.62. The van der Waals surface area contributed by atoms with Crippen LogP contribution in [-0.2, 0) is 0 Å². The van der Waals surface area contributed by atoms with Crippen molar-refractivity contribution in [2.24, 2.45) is 0 Å². The minimum atomic E-state index is -0.444. The lowest BCUT2D eigenvalue weighted by Gasteiger charge is -2.36. The number of aromatic nitrogens is 1. The van der Waals surface area contributed by atoms with Crippen LogP contribution in [0, 0.1) is 17.0 Å². The van der Waals surface area contributed by atoms with E-state index in [1.807, 2.05) is 25.1 Å². The Bertz CT molecular complexity index is 753. The Morgan fingerprint density at radius 2 is 1.83 bits per heavy atom. The fourth-order valence-corrected chi connectivity index (χ4v) is 2.86. The number of hydrogen-bond acceptors (Lipinski definition) is 6. The van der Waals surface area contributed by atoms with Crippen molar-refractivity contribution in [3.8, 4) is 0 Å². The molecule has 0 saturated carbocycles. The lowest BCUT2D eigenvalue weighted by atomic mass is 10.1. The average molecular weight is 326 g/mol. The minimum Gasteiger partial charge on any atom is -0.368 e. The predicted octanol–water partition coefficient (Wildman–Crippen LogP) is 2.44. The highest BCUT2D eigenvalue weighted by atomic mass is 16.6. The van der Waals surface area contributed by atoms with Crippen LogP contribution in [0.1, 0.15) is 15.9 Å². The first-order chi connectivity index (χ1) is 11.6. The predicted molar refractivity (Wildman–Crippen MR) is 91.9 cm³/mol. The highest BCUT2D eigenvalue weighted by molar-refractivity contribution is 5.78. The SMILES string of the molecule is Cc1cc(N2CCN(c3ccc([N+](=O)[O-])cn3)CC2)ccc1C=O. The molecule has 0 atom stereocenters. The zero-order valence-electron chi connectivity index (χ0n) is 13.4. The summed E-state index contributed by atoms with van der Waals surface area (Å²) in [6.07, 6.45) is 2.17. The van der Waals surface area contributed by atoms with Crippen LogP contribution in [0.3, 0.4) is 0 Å². The molecule has 0 bridgehead atoms. The number of anilines is 2. The minimum absolute atomic E-state index is 0.00290. The van der Waals surface area contributed by atoms with Gasteiger partial charge in [-0.15, -0.1) is 0 Å². The zero-order chi connectivity index (χ0) is 17.1. The van der Waals surface area contributed by atoms with Crippen molar-refractivity contribution in [2.45, 2.75) is 6.92 Å². The molecule has 1 fully saturated rings. The van der Waals surface area contributed by atoms with Gasteiger partial charge in [-0.1, -0.05) is 0 Å². The summed E-state index contributed by atoms with van der Waals surface area (Å²) < 4.78 is 0. The van der Waals surface area contributed by atoms with Crippen molar-refractivity contribution in [1.82, 2.24) is 4.98 Å². The molecule has 0 N–H and O–H groups in total. The molecule has 2 aromatic rings. The first-order valence-electron chi connectivity index (χ1n) is 7.74. The number of aryl methyl sites for hydroxylation is 1. The molecule has 1 aliphatic heterocycles. The van der Waals surface area contributed by atoms with Gasteiger partial charge < -0.3 is 9.80 Å². The fraction of sp³-hybridized carbons (Fsp3) is 0.294. The Labute approximate surface area is 139 Å². The summed E-state index contributed by atoms with van der Waals surface area (Å²) in [7, 11) is 0. The number of rotatable bonds is 4. The van der Waals surface area contributed by atoms with Crippen LogP contribution in [0.15, 0.2) is 36.5 Å². The summed E-state index contributed by atoms with van der Waals surface area (Å²) in [5.41, 5.74) is 2.80. The topological polar surface area (TPSA) is 79.6 Å². The number of hydrogen-bond donors (Lipinski definition) is 0. The molecule has 0 amide bonds. The first-order valence-corrected chi connectivity index (χ1v) is 7.74. The number of carbonyl (C=O) groups is 1. The van der Waals surface area contributed by atoms with Crippen LogP contribution in [-0.4, -0.2) is 42.4 Å². The molecule has 3 rings (SSSR count). The van der Waals surface area contributed by atoms with Gasteiger partial charge in [0.2, 0.25) is 0 Å². The second kappa shape index (κ2) is 6.66. The van der Waals surface area contributed by atoms with E-state index < -0.39 is 4.92 Å². The van der Waals surface area contributed by atoms with Crippen molar-refractivity contribution in [2.75, 3.05) is 36.0 Å². The second-order valence-corrected chi connectivity index (χ2v) is 5.76. The monoisotopic (exact) mass is 326 g/mol. The summed E-state index contributed by atoms with van der Waals surface area (Å²) in [4.78, 5) is 29.7. The number of aldehydes is 1. The van der Waals surface area contributed by atoms with Crippen molar-refractivity contribution < 1.29 is 9.72 Å². The Kier molecular flexibility index (Phi) is 4.41. The van der Waals surface area contributed by atoms with Crippen LogP contribution in [0.2, 0.25) is 0 Å². The molecule has 7 nitrogen and oxygen atoms in total. The van der Waals surface area contributed by atoms with Crippen molar-refractivity contribution in [3.63, 3.8) is 0 Å². The van der Waals surface area contributed by atoms with Crippen LogP contribution >= 0.6 is 0 Å². The second-order valence-electron chi connectivity index (χ2n) is 5.76. The first kappa shape index (κ1) is 15.9. The lowest BCUT2D eigenvalue weighted by molar-refractivity contribution is -0.385. The number of piperazine rings is 1. The maximum Gasteiger partial charge on any atom is 0.287 e. The third kappa shape index (κ3) is 3.19. The highest BCUT2D eigenvalue weighted by Gasteiger charge is 2.19. The largest absolute Gasteiger partial charge is 0.368 e. The summed E-state index contributed by atoms with van der Waals surface area (Å²) in [5, 5.41) is 10.7. The zero-order valence-corrected chi connectivity index (χ0v) is 13.4. The molecule has 0 unspecified atom stereocenters. The van der Waals surface area contributed by atoms with Crippen molar-refractivity contribution in [3.05, 3.63) is 57.8 Å². The van der Waals surface area contributed by atoms with Gasteiger partial charge in [-0.3, -0.25) is 14.9 Å². The van der Waals surface area contributed by atoms with E-state index in [0.29, 0.717) is 5.56 Å². The molecule has 1 saturated heterocycles. The van der Waals surface area contributed by atoms with Gasteiger partial charge in [0, 0.05) is 43.5 Å². The number of nitro groups is 1. The van der Waals surface area contributed by atoms with E-state index >= 15 is 0 Å². The third-order valence-corrected chi connectivity index (χ3v) is 4.29. The van der Waals surface area contributed by atoms with Gasteiger partial charge in [-0.25, -0.2) is 4.98 Å². The molecule has 2 heterocycles. The Hall–Kier alpha value is -2.96. The quantitative estimate of drug-likeness (QED) is 0.488. The van der Waals surface area contributed by atoms with E-state index in [-0.39, 0.29) is 5.69 Å². The fourth-order valence-electron chi connectivity index (χ4n) is 2.86. The van der Waals surface area contributed by atoms with Crippen molar-refractivity contribution in [1.29, 1.82) is 0 Å². The molecule has 0 radical (unpaired) electrons. The number of nitrogens with zero attached hydrogens (tertiary/aromatic N) is 4. The van der Waals surface area contributed by atoms with E-state index in [2.05, 4.69) is 14.8 Å². The van der Waals surface area contributed by atoms with E-state index in [1.165, 1.54) is 12.3 Å². The van der Waals surface area contributed by atoms with Crippen molar-refractivity contribution >= 4 is 23.5 Å². The molecule has 7 heteroatoms. The van der Waals surface area contributed by atoms with Gasteiger partial charge in [0.1, 0.15) is 18.3 Å². The summed E-state index contributed by atoms with van der Waals surface area (Å²) in [6.45, 7) is 5.18. The summed E-state index contributed by atoms with van der Waals surface area (Å²) >= 11 is 0. The molecular weight excluding hydrogens is 308 g/mol. The van der Waals surface area contributed by atoms with Gasteiger partial charge in [0.25, 0.3) is 5.69 Å². The van der Waals surface area contributed by atoms with Crippen LogP contribution in [0.5, 0.6) is 0 Å². The van der Waals surface area contributed by atoms with E-state index in [4.69, 9.17) is 0 Å².